The first-order chi connectivity index (χ1) is 7.35. The second kappa shape index (κ2) is 5.16. The molecule has 1 saturated heterocycles. The van der Waals surface area contributed by atoms with Crippen LogP contribution in [0.5, 0.6) is 0 Å². The van der Waals surface area contributed by atoms with Crippen molar-refractivity contribution in [3.63, 3.8) is 0 Å². The van der Waals surface area contributed by atoms with Gasteiger partial charge in [0, 0.05) is 0 Å². The van der Waals surface area contributed by atoms with Crippen LogP contribution in [0.3, 0.4) is 0 Å². The van der Waals surface area contributed by atoms with Gasteiger partial charge in [-0.1, -0.05) is 13.8 Å². The highest BCUT2D eigenvalue weighted by atomic mass is 15.1. The number of rotatable bonds is 4. The lowest BCUT2D eigenvalue weighted by Crippen LogP contribution is -2.39. The largest absolute Gasteiger partial charge is 0.314 e. The molecule has 0 amide bonds. The Kier molecular flexibility index (Phi) is 4.35. The zero-order valence-corrected chi connectivity index (χ0v) is 10.9. The molecule has 92 valence electrons. The Morgan fingerprint density at radius 2 is 1.94 bits per heavy atom. The number of nitrogens with two attached hydrogens (primary N) is 1. The number of hydrogen-bond donors (Lipinski definition) is 1. The molecule has 0 aromatic heterocycles. The molecular formula is C13H25N3. The molecule has 3 nitrogen and oxygen atoms in total. The van der Waals surface area contributed by atoms with Gasteiger partial charge in [0.2, 0.25) is 0 Å². The van der Waals surface area contributed by atoms with Gasteiger partial charge >= 0.3 is 0 Å². The number of likely N-dealkylation sites (tertiary alicyclic amines) is 1. The summed E-state index contributed by atoms with van der Waals surface area (Å²) in [5, 5.41) is 8.81. The van der Waals surface area contributed by atoms with Crippen molar-refractivity contribution in [3.8, 4) is 6.07 Å². The Morgan fingerprint density at radius 3 is 2.44 bits per heavy atom. The Labute approximate surface area is 99.6 Å². The van der Waals surface area contributed by atoms with Crippen molar-refractivity contribution >= 4 is 0 Å². The lowest BCUT2D eigenvalue weighted by molar-refractivity contribution is 0.130. The maximum Gasteiger partial charge on any atom is 0.101 e. The predicted molar refractivity (Wildman–Crippen MR) is 66.9 cm³/mol. The van der Waals surface area contributed by atoms with E-state index >= 15 is 0 Å². The monoisotopic (exact) mass is 223 g/mol. The molecule has 1 fully saturated rings. The van der Waals surface area contributed by atoms with E-state index in [2.05, 4.69) is 24.8 Å². The van der Waals surface area contributed by atoms with Crippen molar-refractivity contribution in [2.75, 3.05) is 19.6 Å². The van der Waals surface area contributed by atoms with Gasteiger partial charge in [0.25, 0.3) is 0 Å². The van der Waals surface area contributed by atoms with Gasteiger partial charge in [0.05, 0.1) is 6.07 Å². The van der Waals surface area contributed by atoms with Gasteiger partial charge in [-0.25, -0.2) is 0 Å². The van der Waals surface area contributed by atoms with E-state index in [1.165, 1.54) is 25.9 Å². The van der Waals surface area contributed by atoms with Crippen molar-refractivity contribution < 1.29 is 0 Å². The highest BCUT2D eigenvalue weighted by Crippen LogP contribution is 2.29. The van der Waals surface area contributed by atoms with Crippen LogP contribution < -0.4 is 5.73 Å². The van der Waals surface area contributed by atoms with Crippen molar-refractivity contribution in [1.82, 2.24) is 4.90 Å². The molecule has 1 rings (SSSR count). The van der Waals surface area contributed by atoms with Gasteiger partial charge in [-0.05, 0) is 57.7 Å². The van der Waals surface area contributed by atoms with Gasteiger partial charge in [0.1, 0.15) is 5.54 Å². The maximum absolute atomic E-state index is 8.81. The van der Waals surface area contributed by atoms with Crippen molar-refractivity contribution in [1.29, 1.82) is 5.26 Å². The van der Waals surface area contributed by atoms with Gasteiger partial charge in [-0.2, -0.15) is 5.26 Å². The molecule has 16 heavy (non-hydrogen) atoms. The fourth-order valence-corrected chi connectivity index (χ4v) is 2.11. The average Bonchev–Trinajstić information content (AvgIpc) is 2.20. The van der Waals surface area contributed by atoms with Crippen LogP contribution >= 0.6 is 0 Å². The molecule has 2 N–H and O–H groups in total. The smallest absolute Gasteiger partial charge is 0.101 e. The molecule has 0 spiro atoms. The minimum atomic E-state index is -0.644. The van der Waals surface area contributed by atoms with E-state index in [4.69, 9.17) is 11.0 Å². The molecule has 0 aromatic rings. The molecule has 3 heteroatoms. The minimum Gasteiger partial charge on any atom is -0.314 e. The highest BCUT2D eigenvalue weighted by molar-refractivity contribution is 5.00. The number of hydrogen-bond acceptors (Lipinski definition) is 3. The Hall–Kier alpha value is -0.590. The molecule has 0 radical (unpaired) electrons. The van der Waals surface area contributed by atoms with Crippen LogP contribution in [0.2, 0.25) is 0 Å². The third kappa shape index (κ3) is 4.51. The summed E-state index contributed by atoms with van der Waals surface area (Å²) in [6, 6.07) is 2.15. The van der Waals surface area contributed by atoms with Crippen LogP contribution in [0.25, 0.3) is 0 Å². The Bertz CT molecular complexity index is 253. The lowest BCUT2D eigenvalue weighted by atomic mass is 9.82. The van der Waals surface area contributed by atoms with Crippen LogP contribution in [0.4, 0.5) is 0 Å². The molecule has 0 aliphatic carbocycles. The van der Waals surface area contributed by atoms with E-state index in [9.17, 15) is 0 Å². The van der Waals surface area contributed by atoms with E-state index in [1.54, 1.807) is 0 Å². The average molecular weight is 223 g/mol. The highest BCUT2D eigenvalue weighted by Gasteiger charge is 2.25. The molecule has 0 saturated carbocycles. The van der Waals surface area contributed by atoms with Crippen LogP contribution in [-0.2, 0) is 0 Å². The first-order valence-corrected chi connectivity index (χ1v) is 6.27. The summed E-state index contributed by atoms with van der Waals surface area (Å²) < 4.78 is 0. The van der Waals surface area contributed by atoms with Crippen LogP contribution in [0.15, 0.2) is 0 Å². The van der Waals surface area contributed by atoms with E-state index in [-0.39, 0.29) is 0 Å². The number of piperidine rings is 1. The summed E-state index contributed by atoms with van der Waals surface area (Å²) in [5.74, 6) is 0. The van der Waals surface area contributed by atoms with Gasteiger partial charge in [-0.15, -0.1) is 0 Å². The third-order valence-electron chi connectivity index (χ3n) is 3.64. The quantitative estimate of drug-likeness (QED) is 0.794. The van der Waals surface area contributed by atoms with Gasteiger partial charge < -0.3 is 10.6 Å². The maximum atomic E-state index is 8.81. The van der Waals surface area contributed by atoms with Crippen LogP contribution in [0.1, 0.15) is 46.5 Å². The SMILES string of the molecule is CC(N)(C#N)CCCN1CCC(C)(C)CC1. The molecule has 1 heterocycles. The lowest BCUT2D eigenvalue weighted by Gasteiger charge is -2.37. The second-order valence-corrected chi connectivity index (χ2v) is 6.14. The molecule has 1 aliphatic rings. The second-order valence-electron chi connectivity index (χ2n) is 6.14. The zero-order chi connectivity index (χ0) is 12.2. The zero-order valence-electron chi connectivity index (χ0n) is 10.9. The number of nitrogens with zero attached hydrogens (tertiary/aromatic N) is 2. The van der Waals surface area contributed by atoms with E-state index < -0.39 is 5.54 Å². The summed E-state index contributed by atoms with van der Waals surface area (Å²) in [6.45, 7) is 9.98. The topological polar surface area (TPSA) is 53.1 Å². The fourth-order valence-electron chi connectivity index (χ4n) is 2.11. The molecule has 0 bridgehead atoms. The standard InChI is InChI=1S/C13H25N3/c1-12(2)6-9-16(10-7-12)8-4-5-13(3,15)11-14/h4-10,15H2,1-3H3. The summed E-state index contributed by atoms with van der Waals surface area (Å²) >= 11 is 0. The van der Waals surface area contributed by atoms with Crippen molar-refractivity contribution in [2.24, 2.45) is 11.1 Å². The summed E-state index contributed by atoms with van der Waals surface area (Å²) in [5.41, 5.74) is 5.67. The Morgan fingerprint density at radius 1 is 1.38 bits per heavy atom. The summed E-state index contributed by atoms with van der Waals surface area (Å²) in [4.78, 5) is 2.50. The first kappa shape index (κ1) is 13.5. The fraction of sp³-hybridized carbons (Fsp3) is 0.923. The summed E-state index contributed by atoms with van der Waals surface area (Å²) in [7, 11) is 0. The van der Waals surface area contributed by atoms with E-state index in [1.807, 2.05) is 6.92 Å². The van der Waals surface area contributed by atoms with Crippen molar-refractivity contribution in [3.05, 3.63) is 0 Å². The van der Waals surface area contributed by atoms with Crippen molar-refractivity contribution in [2.45, 2.75) is 52.0 Å². The normalized spacial score (nSPS) is 24.7. The molecule has 0 aromatic carbocycles. The first-order valence-electron chi connectivity index (χ1n) is 6.27. The third-order valence-corrected chi connectivity index (χ3v) is 3.64. The van der Waals surface area contributed by atoms with Gasteiger partial charge in [0.15, 0.2) is 0 Å². The van der Waals surface area contributed by atoms with Crippen LogP contribution in [-0.4, -0.2) is 30.1 Å². The van der Waals surface area contributed by atoms with Crippen LogP contribution in [0, 0.1) is 16.7 Å². The molecule has 1 unspecified atom stereocenters. The Balaban J connectivity index is 2.19. The minimum absolute atomic E-state index is 0.519. The molecule has 1 aliphatic heterocycles. The van der Waals surface area contributed by atoms with E-state index in [0.29, 0.717) is 5.41 Å². The predicted octanol–water partition coefficient (Wildman–Crippen LogP) is 2.13. The van der Waals surface area contributed by atoms with E-state index in [0.717, 1.165) is 19.4 Å². The molecular weight excluding hydrogens is 198 g/mol. The number of nitriles is 1. The van der Waals surface area contributed by atoms with Gasteiger partial charge in [-0.3, -0.25) is 0 Å². The molecule has 1 atom stereocenters. The summed E-state index contributed by atoms with van der Waals surface area (Å²) in [6.07, 6.45) is 4.39.